The Morgan fingerprint density at radius 3 is 2.61 bits per heavy atom. The highest BCUT2D eigenvalue weighted by molar-refractivity contribution is 8.13. The van der Waals surface area contributed by atoms with Gasteiger partial charge in [0.1, 0.15) is 5.69 Å². The maximum absolute atomic E-state index is 11.4. The van der Waals surface area contributed by atoms with Gasteiger partial charge in [0.15, 0.2) is 5.82 Å². The molecule has 2 aromatic heterocycles. The second-order valence-corrected chi connectivity index (χ2v) is 6.40. The van der Waals surface area contributed by atoms with Crippen LogP contribution in [0.4, 0.5) is 0 Å². The molecular formula is C9H8ClN5O2S. The smallest absolute Gasteiger partial charge is 0.292 e. The van der Waals surface area contributed by atoms with Gasteiger partial charge in [0.05, 0.1) is 6.20 Å². The first-order valence-electron chi connectivity index (χ1n) is 5.23. The molecule has 1 fully saturated rings. The molecule has 94 valence electrons. The molecule has 1 saturated carbocycles. The molecule has 18 heavy (non-hydrogen) atoms. The van der Waals surface area contributed by atoms with E-state index in [9.17, 15) is 8.42 Å². The average molecular weight is 286 g/mol. The van der Waals surface area contributed by atoms with Crippen molar-refractivity contribution in [3.63, 3.8) is 0 Å². The lowest BCUT2D eigenvalue weighted by atomic mass is 10.4. The summed E-state index contributed by atoms with van der Waals surface area (Å²) < 4.78 is 24.4. The molecule has 0 saturated heterocycles. The molecule has 0 radical (unpaired) electrons. The summed E-state index contributed by atoms with van der Waals surface area (Å²) in [7, 11) is 1.44. The van der Waals surface area contributed by atoms with Gasteiger partial charge in [0.2, 0.25) is 0 Å². The Morgan fingerprint density at radius 1 is 1.28 bits per heavy atom. The molecule has 0 amide bonds. The lowest BCUT2D eigenvalue weighted by molar-refractivity contribution is 0.579. The third-order valence-electron chi connectivity index (χ3n) is 2.59. The lowest BCUT2D eigenvalue weighted by Crippen LogP contribution is -2.06. The fraction of sp³-hybridized carbons (Fsp3) is 0.333. The molecule has 0 spiro atoms. The molecular weight excluding hydrogens is 278 g/mol. The number of rotatable bonds is 3. The summed E-state index contributed by atoms with van der Waals surface area (Å²) in [5.74, 6) is 0.379. The third-order valence-corrected chi connectivity index (χ3v) is 3.72. The summed E-state index contributed by atoms with van der Waals surface area (Å²) >= 11 is 0. The zero-order valence-electron chi connectivity index (χ0n) is 9.06. The van der Waals surface area contributed by atoms with Crippen LogP contribution in [-0.2, 0) is 9.05 Å². The SMILES string of the molecule is O=S(=O)(Cl)c1nnc(-c2cnccn2)n1C1CC1. The molecule has 2 aromatic rings. The van der Waals surface area contributed by atoms with Crippen LogP contribution in [0.5, 0.6) is 0 Å². The van der Waals surface area contributed by atoms with E-state index < -0.39 is 9.05 Å². The molecule has 2 heterocycles. The van der Waals surface area contributed by atoms with Gasteiger partial charge >= 0.3 is 0 Å². The Kier molecular flexibility index (Phi) is 2.56. The van der Waals surface area contributed by atoms with Crippen molar-refractivity contribution in [1.29, 1.82) is 0 Å². The summed E-state index contributed by atoms with van der Waals surface area (Å²) in [5, 5.41) is 7.28. The molecule has 0 atom stereocenters. The van der Waals surface area contributed by atoms with Crippen molar-refractivity contribution in [2.24, 2.45) is 0 Å². The summed E-state index contributed by atoms with van der Waals surface area (Å²) in [5.41, 5.74) is 0.475. The van der Waals surface area contributed by atoms with Gasteiger partial charge in [0, 0.05) is 29.1 Å². The van der Waals surface area contributed by atoms with Crippen LogP contribution >= 0.6 is 10.7 Å². The van der Waals surface area contributed by atoms with Crippen LogP contribution in [0, 0.1) is 0 Å². The Bertz CT molecular complexity index is 680. The van der Waals surface area contributed by atoms with Gasteiger partial charge in [0.25, 0.3) is 14.2 Å². The molecule has 3 rings (SSSR count). The molecule has 0 aromatic carbocycles. The van der Waals surface area contributed by atoms with Crippen LogP contribution < -0.4 is 0 Å². The summed E-state index contributed by atoms with van der Waals surface area (Å²) in [4.78, 5) is 8.02. The van der Waals surface area contributed by atoms with Crippen LogP contribution in [0.25, 0.3) is 11.5 Å². The van der Waals surface area contributed by atoms with Gasteiger partial charge in [-0.2, -0.15) is 0 Å². The fourth-order valence-corrected chi connectivity index (χ4v) is 2.62. The van der Waals surface area contributed by atoms with Crippen molar-refractivity contribution in [1.82, 2.24) is 24.7 Å². The molecule has 9 heteroatoms. The normalized spacial score (nSPS) is 15.8. The Balaban J connectivity index is 2.20. The molecule has 0 aliphatic heterocycles. The van der Waals surface area contributed by atoms with Crippen molar-refractivity contribution in [3.8, 4) is 11.5 Å². The number of aromatic nitrogens is 5. The minimum Gasteiger partial charge on any atom is -0.292 e. The number of hydrogen-bond donors (Lipinski definition) is 0. The molecule has 7 nitrogen and oxygen atoms in total. The van der Waals surface area contributed by atoms with E-state index in [0.717, 1.165) is 12.8 Å². The number of halogens is 1. The zero-order valence-corrected chi connectivity index (χ0v) is 10.6. The van der Waals surface area contributed by atoms with Crippen molar-refractivity contribution < 1.29 is 8.42 Å². The van der Waals surface area contributed by atoms with E-state index in [1.807, 2.05) is 0 Å². The van der Waals surface area contributed by atoms with E-state index in [1.54, 1.807) is 0 Å². The Hall–Kier alpha value is -1.54. The van der Waals surface area contributed by atoms with Gasteiger partial charge < -0.3 is 0 Å². The standard InChI is InChI=1S/C9H8ClN5O2S/c10-18(16,17)9-14-13-8(15(9)6-1-2-6)7-5-11-3-4-12-7/h3-6H,1-2H2. The van der Waals surface area contributed by atoms with Crippen molar-refractivity contribution in [2.45, 2.75) is 24.0 Å². The molecule has 0 bridgehead atoms. The van der Waals surface area contributed by atoms with E-state index in [4.69, 9.17) is 10.7 Å². The van der Waals surface area contributed by atoms with Gasteiger partial charge in [-0.3, -0.25) is 9.55 Å². The van der Waals surface area contributed by atoms with E-state index in [-0.39, 0.29) is 11.2 Å². The highest BCUT2D eigenvalue weighted by Crippen LogP contribution is 2.39. The van der Waals surface area contributed by atoms with E-state index >= 15 is 0 Å². The van der Waals surface area contributed by atoms with Crippen LogP contribution in [0.15, 0.2) is 23.7 Å². The number of nitrogens with zero attached hydrogens (tertiary/aromatic N) is 5. The van der Waals surface area contributed by atoms with E-state index in [1.165, 1.54) is 23.2 Å². The van der Waals surface area contributed by atoms with E-state index in [2.05, 4.69) is 20.2 Å². The van der Waals surface area contributed by atoms with Crippen molar-refractivity contribution in [3.05, 3.63) is 18.6 Å². The highest BCUT2D eigenvalue weighted by Gasteiger charge is 2.34. The summed E-state index contributed by atoms with van der Waals surface area (Å²) in [6.07, 6.45) is 6.31. The zero-order chi connectivity index (χ0) is 12.8. The van der Waals surface area contributed by atoms with Crippen LogP contribution in [0.2, 0.25) is 0 Å². The molecule has 1 aliphatic rings. The van der Waals surface area contributed by atoms with E-state index in [0.29, 0.717) is 11.5 Å². The number of hydrogen-bond acceptors (Lipinski definition) is 6. The molecule has 0 N–H and O–H groups in total. The van der Waals surface area contributed by atoms with Crippen LogP contribution in [0.3, 0.4) is 0 Å². The van der Waals surface area contributed by atoms with Crippen LogP contribution in [-0.4, -0.2) is 33.2 Å². The monoisotopic (exact) mass is 285 g/mol. The predicted octanol–water partition coefficient (Wildman–Crippen LogP) is 0.998. The maximum Gasteiger partial charge on any atom is 0.296 e. The fourth-order valence-electron chi connectivity index (χ4n) is 1.69. The molecule has 1 aliphatic carbocycles. The minimum absolute atomic E-state index is 0.0699. The average Bonchev–Trinajstić information content (AvgIpc) is 3.07. The van der Waals surface area contributed by atoms with Gasteiger partial charge in [-0.25, -0.2) is 13.4 Å². The first-order chi connectivity index (χ1) is 8.57. The van der Waals surface area contributed by atoms with Gasteiger partial charge in [-0.1, -0.05) is 0 Å². The van der Waals surface area contributed by atoms with Gasteiger partial charge in [-0.05, 0) is 12.8 Å². The van der Waals surface area contributed by atoms with Crippen LogP contribution in [0.1, 0.15) is 18.9 Å². The van der Waals surface area contributed by atoms with Crippen molar-refractivity contribution >= 4 is 19.7 Å². The van der Waals surface area contributed by atoms with Gasteiger partial charge in [-0.15, -0.1) is 10.2 Å². The largest absolute Gasteiger partial charge is 0.296 e. The molecule has 0 unspecified atom stereocenters. The second-order valence-electron chi connectivity index (χ2n) is 3.94. The third kappa shape index (κ3) is 1.97. The summed E-state index contributed by atoms with van der Waals surface area (Å²) in [6, 6.07) is 0.0699. The maximum atomic E-state index is 11.4. The Morgan fingerprint density at radius 2 is 2.06 bits per heavy atom. The lowest BCUT2D eigenvalue weighted by Gasteiger charge is -2.05. The predicted molar refractivity (Wildman–Crippen MR) is 62.4 cm³/mol. The first-order valence-corrected chi connectivity index (χ1v) is 7.54. The quantitative estimate of drug-likeness (QED) is 0.781. The summed E-state index contributed by atoms with van der Waals surface area (Å²) in [6.45, 7) is 0. The van der Waals surface area contributed by atoms with Crippen molar-refractivity contribution in [2.75, 3.05) is 0 Å². The second kappa shape index (κ2) is 3.99. The highest BCUT2D eigenvalue weighted by atomic mass is 35.7. The Labute approximate surface area is 107 Å². The topological polar surface area (TPSA) is 90.6 Å². The minimum atomic E-state index is -3.91. The first kappa shape index (κ1) is 11.5.